The third-order valence-electron chi connectivity index (χ3n) is 4.47. The molecule has 27 heavy (non-hydrogen) atoms. The number of nitrogens with zero attached hydrogens (tertiary/aromatic N) is 2. The first kappa shape index (κ1) is 17.4. The normalized spacial score (nSPS) is 12.8. The van der Waals surface area contributed by atoms with E-state index in [9.17, 15) is 14.4 Å². The van der Waals surface area contributed by atoms with Gasteiger partial charge in [-0.3, -0.25) is 19.0 Å². The third-order valence-corrected chi connectivity index (χ3v) is 5.67. The highest BCUT2D eigenvalue weighted by Gasteiger charge is 2.21. The maximum absolute atomic E-state index is 12.8. The molecule has 1 aliphatic rings. The number of hydrogen-bond acceptors (Lipinski definition) is 5. The molecule has 4 rings (SSSR count). The molecule has 0 aliphatic heterocycles. The molecule has 0 bridgehead atoms. The minimum Gasteiger partial charge on any atom is -0.326 e. The van der Waals surface area contributed by atoms with E-state index in [2.05, 4.69) is 15.6 Å². The fourth-order valence-electron chi connectivity index (χ4n) is 3.37. The Balaban J connectivity index is 1.54. The first-order valence-electron chi connectivity index (χ1n) is 8.68. The summed E-state index contributed by atoms with van der Waals surface area (Å²) in [7, 11) is 0. The molecule has 3 aromatic rings. The Morgan fingerprint density at radius 2 is 2.00 bits per heavy atom. The van der Waals surface area contributed by atoms with E-state index < -0.39 is 0 Å². The first-order valence-corrected chi connectivity index (χ1v) is 9.50. The second kappa shape index (κ2) is 6.96. The van der Waals surface area contributed by atoms with E-state index >= 15 is 0 Å². The van der Waals surface area contributed by atoms with Gasteiger partial charge in [-0.15, -0.1) is 11.3 Å². The second-order valence-corrected chi connectivity index (χ2v) is 7.61. The van der Waals surface area contributed by atoms with Gasteiger partial charge in [-0.05, 0) is 43.0 Å². The Bertz CT molecular complexity index is 1120. The van der Waals surface area contributed by atoms with E-state index in [1.54, 1.807) is 35.6 Å². The van der Waals surface area contributed by atoms with Crippen LogP contribution in [0.15, 0.2) is 35.4 Å². The molecule has 0 fully saturated rings. The van der Waals surface area contributed by atoms with Crippen LogP contribution in [-0.2, 0) is 29.0 Å². The molecule has 2 aromatic heterocycles. The molecule has 1 aliphatic carbocycles. The number of carbonyl (C=O) groups is 2. The van der Waals surface area contributed by atoms with Crippen molar-refractivity contribution in [2.24, 2.45) is 0 Å². The molecule has 0 atom stereocenters. The molecule has 0 spiro atoms. The smallest absolute Gasteiger partial charge is 0.262 e. The predicted molar refractivity (Wildman–Crippen MR) is 105 cm³/mol. The number of anilines is 2. The summed E-state index contributed by atoms with van der Waals surface area (Å²) in [4.78, 5) is 42.7. The van der Waals surface area contributed by atoms with E-state index in [-0.39, 0.29) is 23.9 Å². The lowest BCUT2D eigenvalue weighted by Crippen LogP contribution is -2.28. The van der Waals surface area contributed by atoms with Crippen molar-refractivity contribution in [1.82, 2.24) is 9.55 Å². The van der Waals surface area contributed by atoms with Gasteiger partial charge in [0.15, 0.2) is 0 Å². The molecule has 0 unspecified atom stereocenters. The van der Waals surface area contributed by atoms with Gasteiger partial charge in [0.25, 0.3) is 5.56 Å². The number of amides is 2. The molecule has 0 saturated carbocycles. The van der Waals surface area contributed by atoms with Crippen LogP contribution in [0, 0.1) is 0 Å². The fourth-order valence-corrected chi connectivity index (χ4v) is 4.58. The van der Waals surface area contributed by atoms with Gasteiger partial charge >= 0.3 is 0 Å². The lowest BCUT2D eigenvalue weighted by Gasteiger charge is -2.09. The molecule has 1 aromatic carbocycles. The second-order valence-electron chi connectivity index (χ2n) is 6.53. The molecule has 2 amide bonds. The van der Waals surface area contributed by atoms with Gasteiger partial charge in [0, 0.05) is 23.2 Å². The molecular formula is C19H18N4O3S. The van der Waals surface area contributed by atoms with Crippen molar-refractivity contribution in [3.8, 4) is 0 Å². The van der Waals surface area contributed by atoms with Crippen LogP contribution in [0.5, 0.6) is 0 Å². The number of nitrogens with one attached hydrogen (secondary N) is 2. The summed E-state index contributed by atoms with van der Waals surface area (Å²) >= 11 is 1.58. The summed E-state index contributed by atoms with van der Waals surface area (Å²) in [6.45, 7) is 1.30. The molecule has 2 heterocycles. The molecule has 7 nitrogen and oxygen atoms in total. The van der Waals surface area contributed by atoms with Crippen LogP contribution in [0.2, 0.25) is 0 Å². The molecule has 2 N–H and O–H groups in total. The van der Waals surface area contributed by atoms with Gasteiger partial charge in [0.2, 0.25) is 11.8 Å². The zero-order valence-corrected chi connectivity index (χ0v) is 15.6. The highest BCUT2D eigenvalue weighted by Crippen LogP contribution is 2.34. The van der Waals surface area contributed by atoms with Crippen LogP contribution in [0.25, 0.3) is 10.2 Å². The van der Waals surface area contributed by atoms with E-state index in [4.69, 9.17) is 0 Å². The van der Waals surface area contributed by atoms with Crippen LogP contribution < -0.4 is 16.2 Å². The van der Waals surface area contributed by atoms with Gasteiger partial charge in [-0.25, -0.2) is 4.98 Å². The Morgan fingerprint density at radius 3 is 2.78 bits per heavy atom. The van der Waals surface area contributed by atoms with Crippen molar-refractivity contribution in [1.29, 1.82) is 0 Å². The van der Waals surface area contributed by atoms with Crippen LogP contribution in [0.3, 0.4) is 0 Å². The minimum atomic E-state index is -0.329. The number of rotatable bonds is 4. The summed E-state index contributed by atoms with van der Waals surface area (Å²) in [6.07, 6.45) is 4.40. The van der Waals surface area contributed by atoms with Gasteiger partial charge < -0.3 is 10.6 Å². The number of benzene rings is 1. The minimum absolute atomic E-state index is 0.114. The lowest BCUT2D eigenvalue weighted by atomic mass is 10.2. The number of carbonyl (C=O) groups excluding carboxylic acids is 2. The average molecular weight is 382 g/mol. The predicted octanol–water partition coefficient (Wildman–Crippen LogP) is 2.54. The van der Waals surface area contributed by atoms with Gasteiger partial charge in [-0.2, -0.15) is 0 Å². The van der Waals surface area contributed by atoms with Crippen molar-refractivity contribution < 1.29 is 9.59 Å². The van der Waals surface area contributed by atoms with E-state index in [1.807, 2.05) is 0 Å². The maximum Gasteiger partial charge on any atom is 0.262 e. The quantitative estimate of drug-likeness (QED) is 0.725. The Morgan fingerprint density at radius 1 is 1.22 bits per heavy atom. The summed E-state index contributed by atoms with van der Waals surface area (Å²) < 4.78 is 1.35. The maximum atomic E-state index is 12.8. The highest BCUT2D eigenvalue weighted by molar-refractivity contribution is 7.18. The lowest BCUT2D eigenvalue weighted by molar-refractivity contribution is -0.117. The summed E-state index contributed by atoms with van der Waals surface area (Å²) in [5, 5.41) is 6.08. The molecular weight excluding hydrogens is 364 g/mol. The van der Waals surface area contributed by atoms with E-state index in [0.717, 1.165) is 29.7 Å². The number of thiophene rings is 1. The Kier molecular flexibility index (Phi) is 4.49. The zero-order valence-electron chi connectivity index (χ0n) is 14.7. The number of fused-ring (bicyclic) bond motifs is 3. The van der Waals surface area contributed by atoms with Crippen molar-refractivity contribution in [3.05, 3.63) is 51.4 Å². The van der Waals surface area contributed by atoms with Gasteiger partial charge in [-0.1, -0.05) is 6.07 Å². The fraction of sp³-hybridized carbons (Fsp3) is 0.263. The Labute approximate surface area is 159 Å². The summed E-state index contributed by atoms with van der Waals surface area (Å²) in [5.74, 6) is -0.516. The Hall–Kier alpha value is -3.00. The van der Waals surface area contributed by atoms with Crippen molar-refractivity contribution in [2.45, 2.75) is 32.7 Å². The third kappa shape index (κ3) is 3.48. The van der Waals surface area contributed by atoms with Crippen molar-refractivity contribution in [3.63, 3.8) is 0 Å². The zero-order chi connectivity index (χ0) is 19.0. The molecule has 0 saturated heterocycles. The summed E-state index contributed by atoms with van der Waals surface area (Å²) in [5.41, 5.74) is 2.07. The standard InChI is InChI=1S/C19H18N4O3S/c1-11(24)21-12-4-2-5-13(8-12)22-16(25)9-23-10-20-18-17(19(23)26)14-6-3-7-15(14)27-18/h2,4-5,8,10H,3,6-7,9H2,1H3,(H,21,24)(H,22,25). The topological polar surface area (TPSA) is 93.1 Å². The molecule has 138 valence electrons. The van der Waals surface area contributed by atoms with Crippen LogP contribution in [-0.4, -0.2) is 21.4 Å². The van der Waals surface area contributed by atoms with Crippen molar-refractivity contribution >= 4 is 44.7 Å². The molecule has 0 radical (unpaired) electrons. The van der Waals surface area contributed by atoms with Gasteiger partial charge in [0.1, 0.15) is 11.4 Å². The van der Waals surface area contributed by atoms with Crippen LogP contribution in [0.4, 0.5) is 11.4 Å². The van der Waals surface area contributed by atoms with Crippen molar-refractivity contribution in [2.75, 3.05) is 10.6 Å². The average Bonchev–Trinajstić information content (AvgIpc) is 3.18. The van der Waals surface area contributed by atoms with E-state index in [0.29, 0.717) is 16.8 Å². The van der Waals surface area contributed by atoms with Gasteiger partial charge in [0.05, 0.1) is 11.7 Å². The SMILES string of the molecule is CC(=O)Nc1cccc(NC(=O)Cn2cnc3sc4c(c3c2=O)CCC4)c1. The highest BCUT2D eigenvalue weighted by atomic mass is 32.1. The van der Waals surface area contributed by atoms with E-state index in [1.165, 1.54) is 22.7 Å². The largest absolute Gasteiger partial charge is 0.326 e. The number of aromatic nitrogens is 2. The van der Waals surface area contributed by atoms with Crippen LogP contribution in [0.1, 0.15) is 23.8 Å². The van der Waals surface area contributed by atoms with Crippen LogP contribution >= 0.6 is 11.3 Å². The molecule has 8 heteroatoms. The number of aryl methyl sites for hydroxylation is 2. The monoisotopic (exact) mass is 382 g/mol. The number of hydrogen-bond donors (Lipinski definition) is 2. The summed E-state index contributed by atoms with van der Waals surface area (Å²) in [6, 6.07) is 6.85. The first-order chi connectivity index (χ1) is 13.0.